The standard InChI is InChI=1S/C15H20N4O/c1-11-9-16-14(17-11)12-5-3-8-19(10-12)15(20)13-6-4-7-18(13)2/h4,6-7,9,12H,3,5,8,10H2,1-2H3,(H,16,17). The SMILES string of the molecule is Cc1cnc(C2CCCN(C(=O)c3cccn3C)C2)[nH]1. The number of H-pyrrole nitrogens is 1. The van der Waals surface area contributed by atoms with E-state index in [9.17, 15) is 4.79 Å². The largest absolute Gasteiger partial charge is 0.347 e. The van der Waals surface area contributed by atoms with Crippen molar-refractivity contribution in [3.05, 3.63) is 41.7 Å². The molecule has 0 aromatic carbocycles. The van der Waals surface area contributed by atoms with Gasteiger partial charge in [-0.15, -0.1) is 0 Å². The summed E-state index contributed by atoms with van der Waals surface area (Å²) in [6.07, 6.45) is 5.88. The summed E-state index contributed by atoms with van der Waals surface area (Å²) in [5, 5.41) is 0. The normalized spacial score (nSPS) is 19.3. The van der Waals surface area contributed by atoms with Gasteiger partial charge in [0.1, 0.15) is 11.5 Å². The average molecular weight is 272 g/mol. The Hall–Kier alpha value is -2.04. The van der Waals surface area contributed by atoms with Crippen LogP contribution in [0.2, 0.25) is 0 Å². The fourth-order valence-corrected chi connectivity index (χ4v) is 2.87. The number of rotatable bonds is 2. The van der Waals surface area contributed by atoms with Crippen LogP contribution in [0.4, 0.5) is 0 Å². The van der Waals surface area contributed by atoms with Gasteiger partial charge in [0, 0.05) is 44.1 Å². The van der Waals surface area contributed by atoms with E-state index in [1.54, 1.807) is 0 Å². The predicted octanol–water partition coefficient (Wildman–Crippen LogP) is 2.08. The number of piperidine rings is 1. The number of aryl methyl sites for hydroxylation is 2. The number of nitrogens with one attached hydrogen (secondary N) is 1. The molecule has 1 unspecified atom stereocenters. The molecule has 1 amide bonds. The highest BCUT2D eigenvalue weighted by molar-refractivity contribution is 5.92. The highest BCUT2D eigenvalue weighted by Gasteiger charge is 2.27. The molecule has 0 saturated carbocycles. The lowest BCUT2D eigenvalue weighted by atomic mass is 9.97. The maximum absolute atomic E-state index is 12.5. The molecule has 5 nitrogen and oxygen atoms in total. The van der Waals surface area contributed by atoms with Gasteiger partial charge in [-0.2, -0.15) is 0 Å². The second-order valence-corrected chi connectivity index (χ2v) is 5.55. The lowest BCUT2D eigenvalue weighted by Crippen LogP contribution is -2.40. The first-order chi connectivity index (χ1) is 9.65. The molecule has 0 spiro atoms. The molecule has 1 fully saturated rings. The van der Waals surface area contributed by atoms with Crippen molar-refractivity contribution >= 4 is 5.91 Å². The molecule has 1 atom stereocenters. The summed E-state index contributed by atoms with van der Waals surface area (Å²) in [7, 11) is 1.91. The molecule has 5 heteroatoms. The Kier molecular flexibility index (Phi) is 3.34. The van der Waals surface area contributed by atoms with E-state index in [4.69, 9.17) is 0 Å². The Morgan fingerprint density at radius 1 is 1.50 bits per heavy atom. The van der Waals surface area contributed by atoms with E-state index < -0.39 is 0 Å². The van der Waals surface area contributed by atoms with Crippen molar-refractivity contribution in [2.75, 3.05) is 13.1 Å². The Balaban J connectivity index is 1.75. The zero-order valence-electron chi connectivity index (χ0n) is 12.0. The van der Waals surface area contributed by atoms with Crippen LogP contribution >= 0.6 is 0 Å². The third-order valence-electron chi connectivity index (χ3n) is 3.98. The first-order valence-corrected chi connectivity index (χ1v) is 7.07. The first kappa shape index (κ1) is 13.0. The van der Waals surface area contributed by atoms with Gasteiger partial charge in [-0.3, -0.25) is 4.79 Å². The maximum Gasteiger partial charge on any atom is 0.270 e. The molecule has 2 aromatic rings. The quantitative estimate of drug-likeness (QED) is 0.910. The van der Waals surface area contributed by atoms with E-state index >= 15 is 0 Å². The number of imidazole rings is 1. The zero-order chi connectivity index (χ0) is 14.1. The number of aromatic amines is 1. The van der Waals surface area contributed by atoms with E-state index in [-0.39, 0.29) is 5.91 Å². The van der Waals surface area contributed by atoms with E-state index in [2.05, 4.69) is 9.97 Å². The fourth-order valence-electron chi connectivity index (χ4n) is 2.87. The highest BCUT2D eigenvalue weighted by Crippen LogP contribution is 2.25. The van der Waals surface area contributed by atoms with Crippen molar-refractivity contribution < 1.29 is 4.79 Å². The van der Waals surface area contributed by atoms with Gasteiger partial charge in [-0.05, 0) is 31.9 Å². The zero-order valence-corrected chi connectivity index (χ0v) is 12.0. The van der Waals surface area contributed by atoms with Gasteiger partial charge in [0.15, 0.2) is 0 Å². The predicted molar refractivity (Wildman–Crippen MR) is 76.6 cm³/mol. The van der Waals surface area contributed by atoms with Gasteiger partial charge >= 0.3 is 0 Å². The summed E-state index contributed by atoms with van der Waals surface area (Å²) in [6.45, 7) is 3.59. The van der Waals surface area contributed by atoms with E-state index in [1.807, 2.05) is 48.0 Å². The molecule has 1 saturated heterocycles. The van der Waals surface area contributed by atoms with Crippen LogP contribution in [0.1, 0.15) is 40.8 Å². The molecule has 1 aliphatic heterocycles. The van der Waals surface area contributed by atoms with Crippen molar-refractivity contribution in [1.29, 1.82) is 0 Å². The Labute approximate surface area is 118 Å². The average Bonchev–Trinajstić information content (AvgIpc) is 3.07. The highest BCUT2D eigenvalue weighted by atomic mass is 16.2. The molecule has 0 bridgehead atoms. The topological polar surface area (TPSA) is 53.9 Å². The van der Waals surface area contributed by atoms with Crippen LogP contribution in [0.3, 0.4) is 0 Å². The Bertz CT molecular complexity index is 613. The molecule has 3 heterocycles. The van der Waals surface area contributed by atoms with Crippen LogP contribution < -0.4 is 0 Å². The van der Waals surface area contributed by atoms with Gasteiger partial charge in [-0.1, -0.05) is 0 Å². The molecule has 106 valence electrons. The second kappa shape index (κ2) is 5.15. The summed E-state index contributed by atoms with van der Waals surface area (Å²) >= 11 is 0. The minimum absolute atomic E-state index is 0.116. The van der Waals surface area contributed by atoms with Crippen molar-refractivity contribution in [3.8, 4) is 0 Å². The molecule has 2 aromatic heterocycles. The second-order valence-electron chi connectivity index (χ2n) is 5.55. The third kappa shape index (κ3) is 2.35. The van der Waals surface area contributed by atoms with E-state index in [0.717, 1.165) is 43.1 Å². The number of hydrogen-bond acceptors (Lipinski definition) is 2. The van der Waals surface area contributed by atoms with Crippen molar-refractivity contribution in [2.45, 2.75) is 25.7 Å². The Morgan fingerprint density at radius 2 is 2.35 bits per heavy atom. The molecule has 20 heavy (non-hydrogen) atoms. The minimum Gasteiger partial charge on any atom is -0.347 e. The number of likely N-dealkylation sites (tertiary alicyclic amines) is 1. The van der Waals surface area contributed by atoms with Gasteiger partial charge in [-0.25, -0.2) is 4.98 Å². The smallest absolute Gasteiger partial charge is 0.270 e. The number of carbonyl (C=O) groups is 1. The lowest BCUT2D eigenvalue weighted by molar-refractivity contribution is 0.0695. The first-order valence-electron chi connectivity index (χ1n) is 7.07. The molecular formula is C15H20N4O. The molecule has 3 rings (SSSR count). The van der Waals surface area contributed by atoms with Crippen LogP contribution in [0.5, 0.6) is 0 Å². The summed E-state index contributed by atoms with van der Waals surface area (Å²) < 4.78 is 1.88. The van der Waals surface area contributed by atoms with E-state index in [0.29, 0.717) is 5.92 Å². The molecular weight excluding hydrogens is 252 g/mol. The van der Waals surface area contributed by atoms with Crippen molar-refractivity contribution in [1.82, 2.24) is 19.4 Å². The van der Waals surface area contributed by atoms with Crippen molar-refractivity contribution in [3.63, 3.8) is 0 Å². The van der Waals surface area contributed by atoms with Gasteiger partial charge in [0.25, 0.3) is 5.91 Å². The van der Waals surface area contributed by atoms with Crippen LogP contribution in [0.15, 0.2) is 24.5 Å². The number of carbonyl (C=O) groups excluding carboxylic acids is 1. The maximum atomic E-state index is 12.5. The van der Waals surface area contributed by atoms with Crippen LogP contribution in [0.25, 0.3) is 0 Å². The monoisotopic (exact) mass is 272 g/mol. The summed E-state index contributed by atoms with van der Waals surface area (Å²) in [6, 6.07) is 3.79. The molecule has 1 N–H and O–H groups in total. The van der Waals surface area contributed by atoms with Crippen molar-refractivity contribution in [2.24, 2.45) is 7.05 Å². The van der Waals surface area contributed by atoms with Gasteiger partial charge < -0.3 is 14.5 Å². The number of hydrogen-bond donors (Lipinski definition) is 1. The number of amides is 1. The molecule has 0 aliphatic carbocycles. The Morgan fingerprint density at radius 3 is 3.00 bits per heavy atom. The molecule has 0 radical (unpaired) electrons. The van der Waals surface area contributed by atoms with Crippen LogP contribution in [-0.4, -0.2) is 38.4 Å². The number of nitrogens with zero attached hydrogens (tertiary/aromatic N) is 3. The van der Waals surface area contributed by atoms with Crippen LogP contribution in [-0.2, 0) is 7.05 Å². The van der Waals surface area contributed by atoms with E-state index in [1.165, 1.54) is 0 Å². The van der Waals surface area contributed by atoms with Crippen LogP contribution in [0, 0.1) is 6.92 Å². The molecule has 1 aliphatic rings. The summed E-state index contributed by atoms with van der Waals surface area (Å²) in [4.78, 5) is 22.2. The fraction of sp³-hybridized carbons (Fsp3) is 0.467. The lowest BCUT2D eigenvalue weighted by Gasteiger charge is -2.32. The van der Waals surface area contributed by atoms with Gasteiger partial charge in [0.2, 0.25) is 0 Å². The minimum atomic E-state index is 0.116. The third-order valence-corrected chi connectivity index (χ3v) is 3.98. The summed E-state index contributed by atoms with van der Waals surface area (Å²) in [5.74, 6) is 1.44. The summed E-state index contributed by atoms with van der Waals surface area (Å²) in [5.41, 5.74) is 1.83. The number of aromatic nitrogens is 3. The van der Waals surface area contributed by atoms with Gasteiger partial charge in [0.05, 0.1) is 0 Å².